The van der Waals surface area contributed by atoms with E-state index in [2.05, 4.69) is 10.6 Å². The molecule has 32 heteroatoms. The van der Waals surface area contributed by atoms with Crippen LogP contribution in [-0.2, 0) is 61.5 Å². The van der Waals surface area contributed by atoms with Gasteiger partial charge in [0, 0.05) is 59.9 Å². The first-order valence-corrected chi connectivity index (χ1v) is 33.0. The van der Waals surface area contributed by atoms with E-state index in [4.69, 9.17) is 4.74 Å². The van der Waals surface area contributed by atoms with Crippen molar-refractivity contribution in [2.24, 2.45) is 11.8 Å². The molecule has 0 aliphatic carbocycles. The second-order valence-electron chi connectivity index (χ2n) is 26.7. The molecule has 2 aliphatic heterocycles. The molecule has 4 atom stereocenters. The van der Waals surface area contributed by atoms with Gasteiger partial charge in [0.1, 0.15) is 47.0 Å². The van der Waals surface area contributed by atoms with Crippen LogP contribution in [0.1, 0.15) is 164 Å². The van der Waals surface area contributed by atoms with Crippen LogP contribution in [-0.4, -0.2) is 93.7 Å². The first-order valence-electron chi connectivity index (χ1n) is 33.0. The average Bonchev–Trinajstić information content (AvgIpc) is 0.748. The molecule has 3 N–H and O–H groups in total. The number of hydrogen-bond acceptors (Lipinski definition) is 9. The molecule has 2 unspecified atom stereocenters. The molecule has 8 rings (SSSR count). The van der Waals surface area contributed by atoms with E-state index in [1.54, 1.807) is 27.7 Å². The fourth-order valence-electron chi connectivity index (χ4n) is 12.9. The molecule has 2 aliphatic rings. The first kappa shape index (κ1) is 82.6. The number of nitrogens with one attached hydrogen (secondary N) is 2. The normalized spacial score (nSPS) is 15.0. The van der Waals surface area contributed by atoms with Crippen LogP contribution in [0.2, 0.25) is 0 Å². The van der Waals surface area contributed by atoms with Crippen LogP contribution in [0.5, 0.6) is 0 Å². The van der Waals surface area contributed by atoms with Gasteiger partial charge in [-0.15, -0.1) is 0 Å². The number of esters is 1. The first-order chi connectivity index (χ1) is 48.2. The summed E-state index contributed by atoms with van der Waals surface area (Å²) in [7, 11) is 0. The van der Waals surface area contributed by atoms with Crippen molar-refractivity contribution in [2.45, 2.75) is 163 Å². The third kappa shape index (κ3) is 19.8. The molecule has 568 valence electrons. The summed E-state index contributed by atoms with van der Waals surface area (Å²) in [5.74, 6) is -15.5. The molecule has 2 fully saturated rings. The summed E-state index contributed by atoms with van der Waals surface area (Å²) in [5, 5.41) is 14.0. The number of rotatable bonds is 25. The van der Waals surface area contributed by atoms with Crippen molar-refractivity contribution in [2.75, 3.05) is 45.9 Å². The Bertz CT molecular complexity index is 4260. The molecule has 4 heterocycles. The highest BCUT2D eigenvalue weighted by Crippen LogP contribution is 2.45. The third-order valence-electron chi connectivity index (χ3n) is 17.9. The summed E-state index contributed by atoms with van der Waals surface area (Å²) >= 11 is 0. The lowest BCUT2D eigenvalue weighted by Crippen LogP contribution is -2.41. The maximum Gasteiger partial charge on any atom is 0.419 e. The summed E-state index contributed by atoms with van der Waals surface area (Å²) in [6, 6.07) is -3.01. The SMILES string of the molecule is CCOC(=O)C[C@H](NC(=O)C(CC(C)C)n1cc(CCN2CCC2)c(C(F)(F)F)cc1=O)c1c(F)c(-c2c(C)cc(F)cc2C)cc(C(F)(F)F)c1F.Cc1cc(F)cc(C)c1-c1cc(C(F)(F)F)c(F)c([C@H](CC(=O)O)NC(=O)C(CC(C)C)n2cc(CCN3CCC3)c(C(F)(F)F)cc2=O)c1F. The number of amides is 2. The number of carbonyl (C=O) groups is 4. The number of benzene rings is 4. The van der Waals surface area contributed by atoms with Crippen molar-refractivity contribution in [1.82, 2.24) is 29.6 Å². The predicted octanol–water partition coefficient (Wildman–Crippen LogP) is 16.0. The number of hydrogen-bond donors (Lipinski definition) is 3. The highest BCUT2D eigenvalue weighted by Gasteiger charge is 2.44. The molecular formula is C72H76F18N6O8. The van der Waals surface area contributed by atoms with Crippen LogP contribution < -0.4 is 21.8 Å². The average molecular weight is 1500 g/mol. The maximum atomic E-state index is 16.6. The van der Waals surface area contributed by atoms with Gasteiger partial charge in [0.05, 0.1) is 53.8 Å². The molecule has 2 amide bonds. The second-order valence-corrected chi connectivity index (χ2v) is 26.7. The van der Waals surface area contributed by atoms with Crippen molar-refractivity contribution in [3.05, 3.63) is 183 Å². The number of nitrogens with zero attached hydrogens (tertiary/aromatic N) is 4. The van der Waals surface area contributed by atoms with E-state index in [0.717, 1.165) is 54.1 Å². The van der Waals surface area contributed by atoms with Gasteiger partial charge in [0.2, 0.25) is 11.8 Å². The molecule has 4 aromatic carbocycles. The number of aryl methyl sites for hydroxylation is 4. The quantitative estimate of drug-likeness (QED) is 0.0370. The summed E-state index contributed by atoms with van der Waals surface area (Å²) in [6.07, 6.45) is -20.4. The Balaban J connectivity index is 0.000000291. The van der Waals surface area contributed by atoms with E-state index < -0.39 is 188 Å². The van der Waals surface area contributed by atoms with Crippen molar-refractivity contribution in [3.8, 4) is 22.3 Å². The third-order valence-corrected chi connectivity index (χ3v) is 17.9. The Labute approximate surface area is 585 Å². The van der Waals surface area contributed by atoms with Gasteiger partial charge >= 0.3 is 36.6 Å². The lowest BCUT2D eigenvalue weighted by molar-refractivity contribution is -0.144. The molecule has 0 saturated carbocycles. The van der Waals surface area contributed by atoms with Gasteiger partial charge in [0.25, 0.3) is 11.1 Å². The Morgan fingerprint density at radius 1 is 0.490 bits per heavy atom. The number of ether oxygens (including phenoxy) is 1. The number of likely N-dealkylation sites (tertiary alicyclic amines) is 2. The Kier molecular flexibility index (Phi) is 26.4. The molecule has 104 heavy (non-hydrogen) atoms. The Morgan fingerprint density at radius 3 is 1.10 bits per heavy atom. The zero-order valence-corrected chi connectivity index (χ0v) is 57.7. The van der Waals surface area contributed by atoms with E-state index in [9.17, 15) is 95.3 Å². The number of alkyl halides is 12. The lowest BCUT2D eigenvalue weighted by Gasteiger charge is -2.31. The summed E-state index contributed by atoms with van der Waals surface area (Å²) in [5.41, 5.74) is -14.4. The molecule has 0 bridgehead atoms. The minimum absolute atomic E-state index is 0.00153. The number of halogens is 18. The molecule has 6 aromatic rings. The Morgan fingerprint density at radius 2 is 0.817 bits per heavy atom. The number of carboxylic acid groups (broad SMARTS) is 1. The molecule has 2 aromatic heterocycles. The summed E-state index contributed by atoms with van der Waals surface area (Å²) in [6.45, 7) is 15.9. The predicted molar refractivity (Wildman–Crippen MR) is 346 cm³/mol. The molecule has 0 radical (unpaired) electrons. The van der Waals surface area contributed by atoms with Crippen molar-refractivity contribution < 1.29 is 108 Å². The van der Waals surface area contributed by atoms with E-state index in [1.165, 1.54) is 34.6 Å². The van der Waals surface area contributed by atoms with Gasteiger partial charge < -0.3 is 39.4 Å². The molecule has 2 saturated heterocycles. The van der Waals surface area contributed by atoms with Crippen molar-refractivity contribution in [1.29, 1.82) is 0 Å². The van der Waals surface area contributed by atoms with Gasteiger partial charge in [-0.2, -0.15) is 52.7 Å². The maximum absolute atomic E-state index is 16.6. The highest BCUT2D eigenvalue weighted by atomic mass is 19.4. The minimum atomic E-state index is -5.44. The fraction of sp³-hybridized carbons (Fsp3) is 0.472. The second kappa shape index (κ2) is 33.2. The van der Waals surface area contributed by atoms with E-state index in [-0.39, 0.29) is 102 Å². The van der Waals surface area contributed by atoms with Gasteiger partial charge in [-0.3, -0.25) is 28.8 Å². The Hall–Kier alpha value is -8.68. The minimum Gasteiger partial charge on any atom is -0.481 e. The van der Waals surface area contributed by atoms with Crippen LogP contribution in [0.3, 0.4) is 0 Å². The van der Waals surface area contributed by atoms with E-state index in [1.807, 2.05) is 9.80 Å². The van der Waals surface area contributed by atoms with Crippen LogP contribution >= 0.6 is 0 Å². The van der Waals surface area contributed by atoms with Crippen LogP contribution in [0.4, 0.5) is 79.0 Å². The van der Waals surface area contributed by atoms with Crippen molar-refractivity contribution in [3.63, 3.8) is 0 Å². The fourth-order valence-corrected chi connectivity index (χ4v) is 12.9. The van der Waals surface area contributed by atoms with Crippen LogP contribution in [0.25, 0.3) is 22.3 Å². The number of carboxylic acids is 1. The number of pyridine rings is 2. The highest BCUT2D eigenvalue weighted by molar-refractivity contribution is 5.84. The number of carbonyl (C=O) groups excluding carboxylic acids is 3. The monoisotopic (exact) mass is 1490 g/mol. The topological polar surface area (TPSA) is 172 Å². The van der Waals surface area contributed by atoms with E-state index >= 15 is 17.6 Å². The van der Waals surface area contributed by atoms with E-state index in [0.29, 0.717) is 42.9 Å². The lowest BCUT2D eigenvalue weighted by atomic mass is 9.89. The number of aliphatic carboxylic acids is 1. The smallest absolute Gasteiger partial charge is 0.419 e. The largest absolute Gasteiger partial charge is 0.481 e. The molecule has 0 spiro atoms. The zero-order valence-electron chi connectivity index (χ0n) is 57.7. The zero-order chi connectivity index (χ0) is 77.7. The van der Waals surface area contributed by atoms with Crippen LogP contribution in [0.15, 0.2) is 70.5 Å². The van der Waals surface area contributed by atoms with Gasteiger partial charge in [-0.1, -0.05) is 27.7 Å². The molecule has 14 nitrogen and oxygen atoms in total. The molecular weight excluding hydrogens is 1420 g/mol. The summed E-state index contributed by atoms with van der Waals surface area (Å²) in [4.78, 5) is 83.0. The van der Waals surface area contributed by atoms with Crippen molar-refractivity contribution >= 4 is 23.8 Å². The van der Waals surface area contributed by atoms with Crippen LogP contribution in [0, 0.1) is 74.4 Å². The standard InChI is InChI=1S/C37H40F9N3O4.C35H36F9N3O4/c1-6-53-30(51)17-27(32-33(39)24(15-26(34(32)40)37(44,45)46)31-20(4)13-23(38)14-21(31)5)47-35(52)28(12-19(2)3)49-18-22(8-11-48-9-7-10-48)25(16-29(49)50)36(41,42)43;1-17(2)10-26(47-16-20(6-9-46-7-5-8-46)23(14-27(47)48)34(39,40)41)33(51)45-25(15-28(49)50)30-31(37)22(13-24(32(30)38)35(42,43)44)29-18(3)11-21(36)12-19(29)4/h13-16,18-19,27-28H,6-12,17H2,1-5H3,(H,47,52);11-14,16-17,25-26H,5-10,15H2,1-4H3,(H,45,51)(H,49,50)/t27-,28?;25-,26?/m00/s1. The van der Waals surface area contributed by atoms with Gasteiger partial charge in [-0.25, -0.2) is 26.3 Å². The number of aromatic nitrogens is 2. The van der Waals surface area contributed by atoms with Gasteiger partial charge in [0.15, 0.2) is 0 Å². The summed E-state index contributed by atoms with van der Waals surface area (Å²) < 4.78 is 269. The van der Waals surface area contributed by atoms with Gasteiger partial charge in [-0.05, 0) is 192 Å².